The molecule has 0 saturated carbocycles. The second kappa shape index (κ2) is 7.80. The molecule has 0 aromatic carbocycles. The average Bonchev–Trinajstić information content (AvgIpc) is 2.01. The number of esters is 1. The predicted octanol–water partition coefficient (Wildman–Crippen LogP) is 1.92. The van der Waals surface area contributed by atoms with Crippen molar-refractivity contribution in [3.05, 3.63) is 0 Å². The van der Waals surface area contributed by atoms with Crippen LogP contribution in [0.4, 0.5) is 0 Å². The number of ether oxygens (including phenoxy) is 1. The van der Waals surface area contributed by atoms with E-state index in [0.717, 1.165) is 19.4 Å². The van der Waals surface area contributed by atoms with Gasteiger partial charge in [-0.1, -0.05) is 13.8 Å². The number of hydrogen-bond donors (Lipinski definition) is 0. The minimum absolute atomic E-state index is 0.0650. The third-order valence-corrected chi connectivity index (χ3v) is 1.84. The summed E-state index contributed by atoms with van der Waals surface area (Å²) in [6, 6.07) is 0. The zero-order chi connectivity index (χ0) is 11.0. The Morgan fingerprint density at radius 2 is 1.93 bits per heavy atom. The Morgan fingerprint density at radius 1 is 1.29 bits per heavy atom. The smallest absolute Gasteiger partial charge is 0.306 e. The highest BCUT2D eigenvalue weighted by Gasteiger charge is 2.05. The van der Waals surface area contributed by atoms with Crippen LogP contribution in [0.3, 0.4) is 0 Å². The van der Waals surface area contributed by atoms with Gasteiger partial charge in [-0.15, -0.1) is 0 Å². The molecule has 0 radical (unpaired) electrons. The average molecular weight is 201 g/mol. The molecule has 0 aromatic heterocycles. The van der Waals surface area contributed by atoms with Crippen LogP contribution in [0.25, 0.3) is 0 Å². The van der Waals surface area contributed by atoms with E-state index in [9.17, 15) is 4.79 Å². The van der Waals surface area contributed by atoms with Crippen molar-refractivity contribution in [2.45, 2.75) is 33.1 Å². The third-order valence-electron chi connectivity index (χ3n) is 1.84. The first-order valence-electron chi connectivity index (χ1n) is 5.32. The lowest BCUT2D eigenvalue weighted by Crippen LogP contribution is -2.14. The normalized spacial score (nSPS) is 11.0. The summed E-state index contributed by atoms with van der Waals surface area (Å²) in [5.41, 5.74) is 0. The first-order chi connectivity index (χ1) is 6.52. The summed E-state index contributed by atoms with van der Waals surface area (Å²) < 4.78 is 5.08. The van der Waals surface area contributed by atoms with Crippen LogP contribution in [0.15, 0.2) is 0 Å². The van der Waals surface area contributed by atoms with Crippen LogP contribution in [0, 0.1) is 5.92 Å². The van der Waals surface area contributed by atoms with Gasteiger partial charge >= 0.3 is 5.97 Å². The number of nitrogens with zero attached hydrogens (tertiary/aromatic N) is 1. The van der Waals surface area contributed by atoms with Crippen LogP contribution < -0.4 is 0 Å². The van der Waals surface area contributed by atoms with Crippen LogP contribution in [0.5, 0.6) is 0 Å². The molecule has 0 saturated heterocycles. The van der Waals surface area contributed by atoms with Gasteiger partial charge in [0.1, 0.15) is 0 Å². The van der Waals surface area contributed by atoms with Crippen molar-refractivity contribution >= 4 is 5.97 Å². The van der Waals surface area contributed by atoms with E-state index < -0.39 is 0 Å². The molecule has 0 spiro atoms. The zero-order valence-electron chi connectivity index (χ0n) is 9.88. The van der Waals surface area contributed by atoms with Crippen molar-refractivity contribution < 1.29 is 9.53 Å². The van der Waals surface area contributed by atoms with Crippen LogP contribution in [0.2, 0.25) is 0 Å². The Kier molecular flexibility index (Phi) is 7.48. The monoisotopic (exact) mass is 201 g/mol. The van der Waals surface area contributed by atoms with E-state index in [1.807, 2.05) is 27.9 Å². The summed E-state index contributed by atoms with van der Waals surface area (Å²) in [6.45, 7) is 5.67. The largest absolute Gasteiger partial charge is 0.466 e. The molecule has 0 atom stereocenters. The molecule has 0 N–H and O–H groups in total. The highest BCUT2D eigenvalue weighted by atomic mass is 16.5. The molecule has 0 aliphatic carbocycles. The standard InChI is InChI=1S/C11H23NO2/c1-10(2)9-11(13)14-8-6-5-7-12(3)4/h10H,5-9H2,1-4H3. The van der Waals surface area contributed by atoms with E-state index in [1.165, 1.54) is 0 Å². The lowest BCUT2D eigenvalue weighted by molar-refractivity contribution is -0.144. The van der Waals surface area contributed by atoms with E-state index in [2.05, 4.69) is 4.90 Å². The maximum Gasteiger partial charge on any atom is 0.306 e. The molecule has 0 fully saturated rings. The minimum atomic E-state index is -0.0650. The van der Waals surface area contributed by atoms with Gasteiger partial charge in [0.05, 0.1) is 6.61 Å². The summed E-state index contributed by atoms with van der Waals surface area (Å²) in [4.78, 5) is 13.3. The van der Waals surface area contributed by atoms with Crippen LogP contribution >= 0.6 is 0 Å². The molecular weight excluding hydrogens is 178 g/mol. The molecule has 0 rings (SSSR count). The van der Waals surface area contributed by atoms with E-state index >= 15 is 0 Å². The van der Waals surface area contributed by atoms with Gasteiger partial charge < -0.3 is 9.64 Å². The van der Waals surface area contributed by atoms with Crippen molar-refractivity contribution in [2.24, 2.45) is 5.92 Å². The van der Waals surface area contributed by atoms with Crippen molar-refractivity contribution in [3.8, 4) is 0 Å². The van der Waals surface area contributed by atoms with Crippen molar-refractivity contribution in [2.75, 3.05) is 27.2 Å². The van der Waals surface area contributed by atoms with Crippen molar-refractivity contribution in [1.82, 2.24) is 4.90 Å². The molecule has 3 heteroatoms. The molecule has 0 aliphatic heterocycles. The number of unbranched alkanes of at least 4 members (excludes halogenated alkanes) is 1. The summed E-state index contributed by atoms with van der Waals surface area (Å²) in [5.74, 6) is 0.328. The van der Waals surface area contributed by atoms with Gasteiger partial charge in [0.15, 0.2) is 0 Å². The highest BCUT2D eigenvalue weighted by molar-refractivity contribution is 5.69. The van der Waals surface area contributed by atoms with Gasteiger partial charge in [-0.25, -0.2) is 0 Å². The van der Waals surface area contributed by atoms with Gasteiger partial charge in [-0.3, -0.25) is 4.79 Å². The van der Waals surface area contributed by atoms with Gasteiger partial charge in [0, 0.05) is 6.42 Å². The van der Waals surface area contributed by atoms with E-state index in [0.29, 0.717) is 18.9 Å². The van der Waals surface area contributed by atoms with Gasteiger partial charge in [-0.2, -0.15) is 0 Å². The molecule has 0 aliphatic rings. The van der Waals surface area contributed by atoms with Crippen molar-refractivity contribution in [3.63, 3.8) is 0 Å². The van der Waals surface area contributed by atoms with E-state index in [4.69, 9.17) is 4.74 Å². The summed E-state index contributed by atoms with van der Waals surface area (Å²) in [6.07, 6.45) is 2.58. The molecule has 0 bridgehead atoms. The summed E-state index contributed by atoms with van der Waals surface area (Å²) in [7, 11) is 4.09. The lowest BCUT2D eigenvalue weighted by atomic mass is 10.1. The Balaban J connectivity index is 3.23. The molecule has 84 valence electrons. The number of carbonyl (C=O) groups excluding carboxylic acids is 1. The van der Waals surface area contributed by atoms with Crippen LogP contribution in [0.1, 0.15) is 33.1 Å². The minimum Gasteiger partial charge on any atom is -0.466 e. The molecule has 3 nitrogen and oxygen atoms in total. The molecule has 0 unspecified atom stereocenters. The number of hydrogen-bond acceptors (Lipinski definition) is 3. The number of rotatable bonds is 7. The summed E-state index contributed by atoms with van der Waals surface area (Å²) >= 11 is 0. The number of carbonyl (C=O) groups is 1. The fourth-order valence-corrected chi connectivity index (χ4v) is 1.11. The van der Waals surface area contributed by atoms with Crippen molar-refractivity contribution in [1.29, 1.82) is 0 Å². The van der Waals surface area contributed by atoms with Gasteiger partial charge in [-0.05, 0) is 39.4 Å². The second-order valence-electron chi connectivity index (χ2n) is 4.33. The lowest BCUT2D eigenvalue weighted by Gasteiger charge is -2.09. The fraction of sp³-hybridized carbons (Fsp3) is 0.909. The predicted molar refractivity (Wildman–Crippen MR) is 58.2 cm³/mol. The Morgan fingerprint density at radius 3 is 2.43 bits per heavy atom. The second-order valence-corrected chi connectivity index (χ2v) is 4.33. The third kappa shape index (κ3) is 9.52. The van der Waals surface area contributed by atoms with Crippen LogP contribution in [-0.4, -0.2) is 38.1 Å². The maximum absolute atomic E-state index is 11.1. The van der Waals surface area contributed by atoms with E-state index in [-0.39, 0.29) is 5.97 Å². The summed E-state index contributed by atoms with van der Waals surface area (Å²) in [5, 5.41) is 0. The first-order valence-corrected chi connectivity index (χ1v) is 5.32. The van der Waals surface area contributed by atoms with Crippen LogP contribution in [-0.2, 0) is 9.53 Å². The molecular formula is C11H23NO2. The highest BCUT2D eigenvalue weighted by Crippen LogP contribution is 2.01. The van der Waals surface area contributed by atoms with E-state index in [1.54, 1.807) is 0 Å². The fourth-order valence-electron chi connectivity index (χ4n) is 1.11. The molecule has 0 aromatic rings. The topological polar surface area (TPSA) is 29.5 Å². The van der Waals surface area contributed by atoms with Gasteiger partial charge in [0.2, 0.25) is 0 Å². The maximum atomic E-state index is 11.1. The van der Waals surface area contributed by atoms with Gasteiger partial charge in [0.25, 0.3) is 0 Å². The first kappa shape index (κ1) is 13.4. The molecule has 0 amide bonds. The Hall–Kier alpha value is -0.570. The quantitative estimate of drug-likeness (QED) is 0.465. The molecule has 14 heavy (non-hydrogen) atoms. The Bertz CT molecular complexity index is 155. The Labute approximate surface area is 87.4 Å². The zero-order valence-corrected chi connectivity index (χ0v) is 9.88. The molecule has 0 heterocycles. The SMILES string of the molecule is CC(C)CC(=O)OCCCCN(C)C.